The molecule has 0 bridgehead atoms. The summed E-state index contributed by atoms with van der Waals surface area (Å²) in [5.41, 5.74) is -0.649. The van der Waals surface area contributed by atoms with Crippen molar-refractivity contribution >= 4 is 11.6 Å². The van der Waals surface area contributed by atoms with Crippen LogP contribution in [0.25, 0.3) is 17.0 Å². The van der Waals surface area contributed by atoms with Gasteiger partial charge < -0.3 is 14.5 Å². The number of carbonyl (C=O) groups excluding carboxylic acids is 1. The number of amides is 1. The molecule has 0 spiro atoms. The van der Waals surface area contributed by atoms with Crippen LogP contribution in [0.1, 0.15) is 28.9 Å². The number of carbonyl (C=O) groups is 1. The van der Waals surface area contributed by atoms with Crippen LogP contribution in [0.4, 0.5) is 13.2 Å². The number of alkyl halides is 3. The van der Waals surface area contributed by atoms with Crippen molar-refractivity contribution in [3.8, 4) is 11.3 Å². The molecule has 1 aliphatic heterocycles. The molecule has 142 valence electrons. The third-order valence-corrected chi connectivity index (χ3v) is 4.36. The maximum atomic E-state index is 13.4. The molecule has 1 atom stereocenters. The molecule has 1 saturated heterocycles. The Bertz CT molecular complexity index is 960. The first-order valence-corrected chi connectivity index (χ1v) is 8.29. The lowest BCUT2D eigenvalue weighted by Gasteiger charge is -2.23. The van der Waals surface area contributed by atoms with Crippen LogP contribution < -0.4 is 5.32 Å². The summed E-state index contributed by atoms with van der Waals surface area (Å²) in [4.78, 5) is 20.5. The molecule has 1 fully saturated rings. The van der Waals surface area contributed by atoms with Crippen LogP contribution in [0.15, 0.2) is 35.5 Å². The van der Waals surface area contributed by atoms with E-state index in [0.717, 1.165) is 35.9 Å². The maximum absolute atomic E-state index is 13.4. The number of fused-ring (bicyclic) bond motifs is 1. The van der Waals surface area contributed by atoms with Crippen molar-refractivity contribution < 1.29 is 27.1 Å². The molecule has 3 aromatic rings. The minimum absolute atomic E-state index is 0.00226. The van der Waals surface area contributed by atoms with E-state index in [1.807, 2.05) is 0 Å². The highest BCUT2D eigenvalue weighted by Crippen LogP contribution is 2.34. The van der Waals surface area contributed by atoms with Gasteiger partial charge in [0.05, 0.1) is 36.2 Å². The zero-order chi connectivity index (χ0) is 19.0. The molecule has 0 saturated carbocycles. The Morgan fingerprint density at radius 3 is 2.85 bits per heavy atom. The highest BCUT2D eigenvalue weighted by atomic mass is 19.4. The van der Waals surface area contributed by atoms with Crippen LogP contribution in [0, 0.1) is 0 Å². The number of hydrogen-bond donors (Lipinski definition) is 1. The van der Waals surface area contributed by atoms with Crippen molar-refractivity contribution in [2.24, 2.45) is 0 Å². The van der Waals surface area contributed by atoms with Gasteiger partial charge in [-0.1, -0.05) is 0 Å². The first-order valence-electron chi connectivity index (χ1n) is 8.29. The molecule has 1 N–H and O–H groups in total. The van der Waals surface area contributed by atoms with Crippen LogP contribution in [0.3, 0.4) is 0 Å². The molecule has 7 nitrogen and oxygen atoms in total. The third kappa shape index (κ3) is 3.39. The smallest absolute Gasteiger partial charge is 0.417 e. The van der Waals surface area contributed by atoms with Gasteiger partial charge in [-0.2, -0.15) is 13.2 Å². The molecule has 0 aromatic carbocycles. The Balaban J connectivity index is 1.78. The fraction of sp³-hybridized carbons (Fsp3) is 0.353. The van der Waals surface area contributed by atoms with Crippen LogP contribution in [-0.4, -0.2) is 39.5 Å². The fourth-order valence-electron chi connectivity index (χ4n) is 3.05. The average Bonchev–Trinajstić information content (AvgIpc) is 3.31. The van der Waals surface area contributed by atoms with Crippen LogP contribution in [-0.2, 0) is 10.9 Å². The maximum Gasteiger partial charge on any atom is 0.417 e. The molecule has 1 unspecified atom stereocenters. The van der Waals surface area contributed by atoms with Gasteiger partial charge in [-0.05, 0) is 18.9 Å². The number of pyridine rings is 1. The molecular formula is C17H15F3N4O3. The van der Waals surface area contributed by atoms with E-state index in [4.69, 9.17) is 9.15 Å². The third-order valence-electron chi connectivity index (χ3n) is 4.36. The number of oxazole rings is 1. The van der Waals surface area contributed by atoms with E-state index < -0.39 is 17.6 Å². The molecule has 3 aromatic heterocycles. The standard InChI is InChI=1S/C17H15F3N4O3/c18-17(19,20)10-4-12(14-6-21-9-27-14)15-22-5-13(24(15)7-10)16(25)23-11-2-1-3-26-8-11/h4-7,9,11H,1-3,8H2,(H,23,25). The molecular weight excluding hydrogens is 365 g/mol. The Morgan fingerprint density at radius 1 is 1.33 bits per heavy atom. The van der Waals surface area contributed by atoms with Gasteiger partial charge in [0.2, 0.25) is 0 Å². The van der Waals surface area contributed by atoms with E-state index in [2.05, 4.69) is 15.3 Å². The first-order chi connectivity index (χ1) is 12.9. The summed E-state index contributed by atoms with van der Waals surface area (Å²) in [5, 5.41) is 2.78. The largest absolute Gasteiger partial charge is 0.443 e. The first kappa shape index (κ1) is 17.5. The Labute approximate surface area is 151 Å². The number of hydrogen-bond acceptors (Lipinski definition) is 5. The van der Waals surface area contributed by atoms with Crippen molar-refractivity contribution in [2.45, 2.75) is 25.1 Å². The second-order valence-electron chi connectivity index (χ2n) is 6.23. The SMILES string of the molecule is O=C(NC1CCCOC1)c1cnc2c(-c3cnco3)cc(C(F)(F)F)cn12. The lowest BCUT2D eigenvalue weighted by Crippen LogP contribution is -2.41. The quantitative estimate of drug-likeness (QED) is 0.756. The Kier molecular flexibility index (Phi) is 4.34. The molecule has 27 heavy (non-hydrogen) atoms. The van der Waals surface area contributed by atoms with Crippen molar-refractivity contribution in [3.05, 3.63) is 42.3 Å². The molecule has 10 heteroatoms. The highest BCUT2D eigenvalue weighted by molar-refractivity contribution is 5.94. The van der Waals surface area contributed by atoms with E-state index in [1.54, 1.807) is 0 Å². The lowest BCUT2D eigenvalue weighted by atomic mass is 10.1. The van der Waals surface area contributed by atoms with Crippen molar-refractivity contribution in [1.29, 1.82) is 0 Å². The summed E-state index contributed by atoms with van der Waals surface area (Å²) < 4.78 is 51.6. The second kappa shape index (κ2) is 6.69. The second-order valence-corrected chi connectivity index (χ2v) is 6.23. The van der Waals surface area contributed by atoms with Crippen LogP contribution >= 0.6 is 0 Å². The predicted molar refractivity (Wildman–Crippen MR) is 87.0 cm³/mol. The Hall–Kier alpha value is -2.88. The van der Waals surface area contributed by atoms with Crippen LogP contribution in [0.2, 0.25) is 0 Å². The van der Waals surface area contributed by atoms with Gasteiger partial charge in [0.25, 0.3) is 5.91 Å². The number of nitrogens with one attached hydrogen (secondary N) is 1. The lowest BCUT2D eigenvalue weighted by molar-refractivity contribution is -0.137. The van der Waals surface area contributed by atoms with Crippen molar-refractivity contribution in [3.63, 3.8) is 0 Å². The van der Waals surface area contributed by atoms with Crippen LogP contribution in [0.5, 0.6) is 0 Å². The summed E-state index contributed by atoms with van der Waals surface area (Å²) in [6.07, 6.45) is 1.47. The number of ether oxygens (including phenoxy) is 1. The van der Waals surface area contributed by atoms with Gasteiger partial charge in [0.15, 0.2) is 12.2 Å². The van der Waals surface area contributed by atoms with Crippen molar-refractivity contribution in [1.82, 2.24) is 19.7 Å². The number of imidazole rings is 1. The predicted octanol–water partition coefficient (Wildman–Crippen LogP) is 2.92. The van der Waals surface area contributed by atoms with E-state index in [-0.39, 0.29) is 28.7 Å². The fourth-order valence-corrected chi connectivity index (χ4v) is 3.05. The monoisotopic (exact) mass is 380 g/mol. The minimum atomic E-state index is -4.60. The van der Waals surface area contributed by atoms with Gasteiger partial charge >= 0.3 is 6.18 Å². The van der Waals surface area contributed by atoms with E-state index in [0.29, 0.717) is 13.2 Å². The molecule has 1 aliphatic rings. The Morgan fingerprint density at radius 2 is 2.19 bits per heavy atom. The van der Waals surface area contributed by atoms with E-state index in [9.17, 15) is 18.0 Å². The molecule has 0 radical (unpaired) electrons. The zero-order valence-corrected chi connectivity index (χ0v) is 14.0. The number of rotatable bonds is 3. The molecule has 0 aliphatic carbocycles. The normalized spacial score (nSPS) is 18.0. The average molecular weight is 380 g/mol. The molecule has 4 heterocycles. The van der Waals surface area contributed by atoms with E-state index >= 15 is 0 Å². The molecule has 1 amide bonds. The number of aromatic nitrogens is 3. The van der Waals surface area contributed by atoms with Gasteiger partial charge in [-0.3, -0.25) is 9.20 Å². The summed E-state index contributed by atoms with van der Waals surface area (Å²) in [6, 6.07) is 0.746. The topological polar surface area (TPSA) is 81.7 Å². The van der Waals surface area contributed by atoms with Crippen molar-refractivity contribution in [2.75, 3.05) is 13.2 Å². The summed E-state index contributed by atoms with van der Waals surface area (Å²) in [7, 11) is 0. The highest BCUT2D eigenvalue weighted by Gasteiger charge is 2.33. The van der Waals surface area contributed by atoms with Gasteiger partial charge in [0, 0.05) is 12.8 Å². The van der Waals surface area contributed by atoms with Gasteiger partial charge in [0.1, 0.15) is 11.3 Å². The van der Waals surface area contributed by atoms with Gasteiger partial charge in [-0.25, -0.2) is 9.97 Å². The summed E-state index contributed by atoms with van der Waals surface area (Å²) >= 11 is 0. The van der Waals surface area contributed by atoms with Gasteiger partial charge in [-0.15, -0.1) is 0 Å². The molecule has 4 rings (SSSR count). The number of halogens is 3. The minimum Gasteiger partial charge on any atom is -0.443 e. The van der Waals surface area contributed by atoms with E-state index in [1.165, 1.54) is 12.4 Å². The summed E-state index contributed by atoms with van der Waals surface area (Å²) in [6.45, 7) is 1.01. The zero-order valence-electron chi connectivity index (χ0n) is 14.0. The summed E-state index contributed by atoms with van der Waals surface area (Å²) in [5.74, 6) is -0.384. The number of nitrogens with zero attached hydrogens (tertiary/aromatic N) is 3.